The molecule has 19 heavy (non-hydrogen) atoms. The predicted octanol–water partition coefficient (Wildman–Crippen LogP) is 3.76. The van der Waals surface area contributed by atoms with Crippen molar-refractivity contribution in [3.8, 4) is 0 Å². The summed E-state index contributed by atoms with van der Waals surface area (Å²) in [5.74, 6) is 2.51. The number of nitrogens with one attached hydrogen (secondary N) is 1. The van der Waals surface area contributed by atoms with Crippen LogP contribution in [0.3, 0.4) is 0 Å². The minimum atomic E-state index is 0.0995. The largest absolute Gasteiger partial charge is 0.466 e. The number of carbonyl (C=O) groups is 1. The summed E-state index contributed by atoms with van der Waals surface area (Å²) in [7, 11) is 0. The first kappa shape index (κ1) is 14.2. The lowest BCUT2D eigenvalue weighted by Gasteiger charge is -2.34. The maximum atomic E-state index is 12.0. The number of rotatable bonds is 3. The molecule has 2 rings (SSSR count). The van der Waals surface area contributed by atoms with Crippen LogP contribution in [-0.2, 0) is 11.2 Å². The first-order valence-electron chi connectivity index (χ1n) is 7.15. The minimum Gasteiger partial charge on any atom is -0.466 e. The van der Waals surface area contributed by atoms with Gasteiger partial charge in [0, 0.05) is 18.4 Å². The number of furan rings is 1. The highest BCUT2D eigenvalue weighted by Gasteiger charge is 2.35. The zero-order valence-electron chi connectivity index (χ0n) is 12.7. The van der Waals surface area contributed by atoms with E-state index in [0.717, 1.165) is 24.4 Å². The number of amides is 1. The van der Waals surface area contributed by atoms with E-state index in [4.69, 9.17) is 4.42 Å². The molecule has 0 unspecified atom stereocenters. The van der Waals surface area contributed by atoms with Crippen LogP contribution in [0.5, 0.6) is 0 Å². The molecule has 0 saturated heterocycles. The van der Waals surface area contributed by atoms with Crippen LogP contribution >= 0.6 is 0 Å². The Morgan fingerprint density at radius 2 is 2.21 bits per heavy atom. The SMILES string of the molecule is Cc1cc2c(o1)CC(C)(C)C[C@H]2NC(=O)CC(C)C. The molecule has 1 aromatic rings. The quantitative estimate of drug-likeness (QED) is 0.902. The van der Waals surface area contributed by atoms with Crippen LogP contribution in [0.15, 0.2) is 10.5 Å². The fraction of sp³-hybridized carbons (Fsp3) is 0.688. The van der Waals surface area contributed by atoms with E-state index in [2.05, 4.69) is 39.1 Å². The van der Waals surface area contributed by atoms with Gasteiger partial charge in [-0.3, -0.25) is 4.79 Å². The molecule has 1 heterocycles. The molecule has 0 aliphatic heterocycles. The van der Waals surface area contributed by atoms with Gasteiger partial charge < -0.3 is 9.73 Å². The van der Waals surface area contributed by atoms with Gasteiger partial charge in [-0.05, 0) is 30.7 Å². The Morgan fingerprint density at radius 3 is 2.84 bits per heavy atom. The highest BCUT2D eigenvalue weighted by Crippen LogP contribution is 2.42. The summed E-state index contributed by atoms with van der Waals surface area (Å²) in [6, 6.07) is 2.17. The van der Waals surface area contributed by atoms with Crippen molar-refractivity contribution in [1.29, 1.82) is 0 Å². The summed E-state index contributed by atoms with van der Waals surface area (Å²) in [6.07, 6.45) is 2.51. The van der Waals surface area contributed by atoms with Crippen LogP contribution < -0.4 is 5.32 Å². The molecule has 0 fully saturated rings. The van der Waals surface area contributed by atoms with Crippen LogP contribution in [0.25, 0.3) is 0 Å². The van der Waals surface area contributed by atoms with Crippen molar-refractivity contribution in [2.75, 3.05) is 0 Å². The second kappa shape index (κ2) is 5.03. The van der Waals surface area contributed by atoms with Gasteiger partial charge in [0.1, 0.15) is 11.5 Å². The van der Waals surface area contributed by atoms with Gasteiger partial charge in [0.2, 0.25) is 5.91 Å². The summed E-state index contributed by atoms with van der Waals surface area (Å²) < 4.78 is 5.78. The minimum absolute atomic E-state index is 0.0995. The lowest BCUT2D eigenvalue weighted by Crippen LogP contribution is -2.36. The molecule has 1 aliphatic rings. The van der Waals surface area contributed by atoms with Crippen LogP contribution in [0.1, 0.15) is 63.7 Å². The van der Waals surface area contributed by atoms with Crippen LogP contribution in [0, 0.1) is 18.3 Å². The Morgan fingerprint density at radius 1 is 1.53 bits per heavy atom. The van der Waals surface area contributed by atoms with Crippen LogP contribution in [0.2, 0.25) is 0 Å². The smallest absolute Gasteiger partial charge is 0.220 e. The molecule has 1 aliphatic carbocycles. The van der Waals surface area contributed by atoms with Gasteiger partial charge in [-0.25, -0.2) is 0 Å². The third-order valence-electron chi connectivity index (χ3n) is 3.67. The number of hydrogen-bond acceptors (Lipinski definition) is 2. The van der Waals surface area contributed by atoms with Gasteiger partial charge in [0.15, 0.2) is 0 Å². The molecule has 1 N–H and O–H groups in total. The summed E-state index contributed by atoms with van der Waals surface area (Å²) in [5, 5.41) is 3.18. The van der Waals surface area contributed by atoms with Gasteiger partial charge >= 0.3 is 0 Å². The van der Waals surface area contributed by atoms with Crippen molar-refractivity contribution in [3.63, 3.8) is 0 Å². The molecule has 1 aromatic heterocycles. The molecule has 0 saturated carbocycles. The second-order valence-corrected chi connectivity index (χ2v) is 7.00. The zero-order chi connectivity index (χ0) is 14.2. The van der Waals surface area contributed by atoms with Crippen molar-refractivity contribution >= 4 is 5.91 Å². The van der Waals surface area contributed by atoms with Gasteiger partial charge in [-0.1, -0.05) is 27.7 Å². The van der Waals surface area contributed by atoms with Crippen LogP contribution in [0.4, 0.5) is 0 Å². The average molecular weight is 263 g/mol. The molecule has 0 radical (unpaired) electrons. The Balaban J connectivity index is 2.18. The van der Waals surface area contributed by atoms with Gasteiger partial charge in [-0.2, -0.15) is 0 Å². The van der Waals surface area contributed by atoms with E-state index in [-0.39, 0.29) is 17.4 Å². The van der Waals surface area contributed by atoms with E-state index in [0.29, 0.717) is 12.3 Å². The second-order valence-electron chi connectivity index (χ2n) is 7.00. The summed E-state index contributed by atoms with van der Waals surface area (Å²) in [4.78, 5) is 12.0. The third kappa shape index (κ3) is 3.40. The molecule has 3 heteroatoms. The van der Waals surface area contributed by atoms with E-state index in [1.54, 1.807) is 0 Å². The molecular weight excluding hydrogens is 238 g/mol. The molecule has 1 atom stereocenters. The van der Waals surface area contributed by atoms with Crippen molar-refractivity contribution in [2.45, 2.75) is 59.9 Å². The highest BCUT2D eigenvalue weighted by atomic mass is 16.3. The monoisotopic (exact) mass is 263 g/mol. The average Bonchev–Trinajstić information content (AvgIpc) is 2.55. The Bertz CT molecular complexity index is 471. The maximum absolute atomic E-state index is 12.0. The first-order chi connectivity index (χ1) is 8.77. The predicted molar refractivity (Wildman–Crippen MR) is 75.9 cm³/mol. The lowest BCUT2D eigenvalue weighted by molar-refractivity contribution is -0.122. The molecule has 0 aromatic carbocycles. The molecule has 0 bridgehead atoms. The third-order valence-corrected chi connectivity index (χ3v) is 3.67. The molecule has 0 spiro atoms. The molecule has 1 amide bonds. The number of hydrogen-bond donors (Lipinski definition) is 1. The Labute approximate surface area is 115 Å². The maximum Gasteiger partial charge on any atom is 0.220 e. The highest BCUT2D eigenvalue weighted by molar-refractivity contribution is 5.76. The molecule has 106 valence electrons. The van der Waals surface area contributed by atoms with Crippen LogP contribution in [-0.4, -0.2) is 5.91 Å². The lowest BCUT2D eigenvalue weighted by atomic mass is 9.74. The van der Waals surface area contributed by atoms with Gasteiger partial charge in [0.25, 0.3) is 0 Å². The van der Waals surface area contributed by atoms with Gasteiger partial charge in [0.05, 0.1) is 6.04 Å². The van der Waals surface area contributed by atoms with E-state index in [9.17, 15) is 4.79 Å². The van der Waals surface area contributed by atoms with E-state index in [1.807, 2.05) is 6.92 Å². The topological polar surface area (TPSA) is 42.2 Å². The van der Waals surface area contributed by atoms with E-state index >= 15 is 0 Å². The van der Waals surface area contributed by atoms with E-state index in [1.165, 1.54) is 5.56 Å². The van der Waals surface area contributed by atoms with Crippen molar-refractivity contribution in [2.24, 2.45) is 11.3 Å². The summed E-state index contributed by atoms with van der Waals surface area (Å²) in [5.41, 5.74) is 1.35. The standard InChI is InChI=1S/C16H25NO2/c1-10(2)6-15(18)17-13-8-16(4,5)9-14-12(13)7-11(3)19-14/h7,10,13H,6,8-9H2,1-5H3,(H,17,18)/t13-/m1/s1. The molecular formula is C16H25NO2. The fourth-order valence-electron chi connectivity index (χ4n) is 2.94. The number of aryl methyl sites for hydroxylation is 1. The Kier molecular flexibility index (Phi) is 3.75. The van der Waals surface area contributed by atoms with Crippen molar-refractivity contribution in [3.05, 3.63) is 23.2 Å². The zero-order valence-corrected chi connectivity index (χ0v) is 12.7. The summed E-state index contributed by atoms with van der Waals surface area (Å²) in [6.45, 7) is 10.6. The van der Waals surface area contributed by atoms with Gasteiger partial charge in [-0.15, -0.1) is 0 Å². The van der Waals surface area contributed by atoms with Crippen molar-refractivity contribution < 1.29 is 9.21 Å². The van der Waals surface area contributed by atoms with Crippen molar-refractivity contribution in [1.82, 2.24) is 5.32 Å². The Hall–Kier alpha value is -1.25. The molecule has 3 nitrogen and oxygen atoms in total. The number of fused-ring (bicyclic) bond motifs is 1. The fourth-order valence-corrected chi connectivity index (χ4v) is 2.94. The van der Waals surface area contributed by atoms with E-state index < -0.39 is 0 Å². The summed E-state index contributed by atoms with van der Waals surface area (Å²) >= 11 is 0. The normalized spacial score (nSPS) is 21.3. The number of carbonyl (C=O) groups excluding carboxylic acids is 1. The first-order valence-corrected chi connectivity index (χ1v) is 7.15.